The van der Waals surface area contributed by atoms with Crippen molar-refractivity contribution < 1.29 is 4.84 Å². The molecule has 0 saturated carbocycles. The van der Waals surface area contributed by atoms with Crippen LogP contribution in [0.5, 0.6) is 0 Å². The van der Waals surface area contributed by atoms with Crippen LogP contribution in [-0.4, -0.2) is 13.3 Å². The summed E-state index contributed by atoms with van der Waals surface area (Å²) < 4.78 is 0. The Labute approximate surface area is 50.5 Å². The molecule has 0 unspecified atom stereocenters. The lowest BCUT2D eigenvalue weighted by atomic mass is 10.3. The topological polar surface area (TPSA) is 21.6 Å². The van der Waals surface area contributed by atoms with Gasteiger partial charge in [0.05, 0.1) is 0 Å². The van der Waals surface area contributed by atoms with Gasteiger partial charge in [-0.15, -0.1) is 0 Å². The molecule has 0 atom stereocenters. The lowest BCUT2D eigenvalue weighted by Crippen LogP contribution is -1.75. The molecule has 0 aromatic rings. The van der Waals surface area contributed by atoms with E-state index in [2.05, 4.69) is 16.9 Å². The Kier molecular flexibility index (Phi) is 6.04. The van der Waals surface area contributed by atoms with Gasteiger partial charge in [0.25, 0.3) is 0 Å². The zero-order valence-corrected chi connectivity index (χ0v) is 5.55. The van der Waals surface area contributed by atoms with E-state index in [4.69, 9.17) is 0 Å². The molecule has 0 aromatic heterocycles. The maximum atomic E-state index is 4.46. The first-order valence-corrected chi connectivity index (χ1v) is 2.96. The molecule has 0 fully saturated rings. The van der Waals surface area contributed by atoms with Crippen molar-refractivity contribution in [3.63, 3.8) is 0 Å². The molecule has 2 nitrogen and oxygen atoms in total. The molecular weight excluding hydrogens is 102 g/mol. The van der Waals surface area contributed by atoms with Crippen molar-refractivity contribution in [1.82, 2.24) is 0 Å². The second-order valence-electron chi connectivity index (χ2n) is 1.61. The molecule has 0 aliphatic heterocycles. The third-order valence-corrected chi connectivity index (χ3v) is 0.867. The number of unbranched alkanes of at least 4 members (excludes halogenated alkanes) is 2. The van der Waals surface area contributed by atoms with E-state index in [0.29, 0.717) is 0 Å². The van der Waals surface area contributed by atoms with Crippen LogP contribution in [0.1, 0.15) is 26.2 Å². The van der Waals surface area contributed by atoms with E-state index >= 15 is 0 Å². The normalized spacial score (nSPS) is 10.2. The highest BCUT2D eigenvalue weighted by Crippen LogP contribution is 1.89. The number of nitrogens with zero attached hydrogens (tertiary/aromatic N) is 1. The number of oxime groups is 1. The highest BCUT2D eigenvalue weighted by molar-refractivity contribution is 5.55. The summed E-state index contributed by atoms with van der Waals surface area (Å²) in [6.07, 6.45) is 5.25. The zero-order valence-electron chi connectivity index (χ0n) is 5.55. The highest BCUT2D eigenvalue weighted by Gasteiger charge is 1.76. The van der Waals surface area contributed by atoms with E-state index in [1.165, 1.54) is 12.8 Å². The summed E-state index contributed by atoms with van der Waals surface area (Å²) in [5, 5.41) is 3.58. The lowest BCUT2D eigenvalue weighted by molar-refractivity contribution is 0.214. The Morgan fingerprint density at radius 1 is 1.62 bits per heavy atom. The second-order valence-corrected chi connectivity index (χ2v) is 1.61. The fourth-order valence-electron chi connectivity index (χ4n) is 0.423. The minimum atomic E-state index is 1.03. The molecule has 0 rings (SSSR count). The second kappa shape index (κ2) is 6.47. The van der Waals surface area contributed by atoms with Gasteiger partial charge in [-0.25, -0.2) is 0 Å². The van der Waals surface area contributed by atoms with Crippen LogP contribution in [0.25, 0.3) is 0 Å². The summed E-state index contributed by atoms with van der Waals surface area (Å²) in [7, 11) is 1.56. The van der Waals surface area contributed by atoms with E-state index in [1.54, 1.807) is 13.3 Å². The van der Waals surface area contributed by atoms with Crippen molar-refractivity contribution in [2.24, 2.45) is 5.16 Å². The van der Waals surface area contributed by atoms with Crippen LogP contribution in [0.4, 0.5) is 0 Å². The lowest BCUT2D eigenvalue weighted by Gasteiger charge is -1.86. The van der Waals surface area contributed by atoms with Gasteiger partial charge in [-0.2, -0.15) is 0 Å². The summed E-state index contributed by atoms with van der Waals surface area (Å²) in [6.45, 7) is 2.15. The Morgan fingerprint density at radius 3 is 2.88 bits per heavy atom. The van der Waals surface area contributed by atoms with Crippen LogP contribution in [0.3, 0.4) is 0 Å². The fourth-order valence-corrected chi connectivity index (χ4v) is 0.423. The van der Waals surface area contributed by atoms with Gasteiger partial charge in [0.1, 0.15) is 7.11 Å². The van der Waals surface area contributed by atoms with Gasteiger partial charge in [-0.05, 0) is 12.8 Å². The van der Waals surface area contributed by atoms with Crippen LogP contribution in [0.2, 0.25) is 0 Å². The Morgan fingerprint density at radius 2 is 2.38 bits per heavy atom. The largest absolute Gasteiger partial charge is 0.399 e. The monoisotopic (exact) mass is 115 g/mol. The molecular formula is C6H13NO. The van der Waals surface area contributed by atoms with Gasteiger partial charge in [-0.1, -0.05) is 18.5 Å². The van der Waals surface area contributed by atoms with Gasteiger partial charge in [-0.3, -0.25) is 0 Å². The van der Waals surface area contributed by atoms with Crippen LogP contribution in [-0.2, 0) is 4.84 Å². The van der Waals surface area contributed by atoms with Crippen molar-refractivity contribution in [3.05, 3.63) is 0 Å². The van der Waals surface area contributed by atoms with Gasteiger partial charge in [0.15, 0.2) is 0 Å². The number of hydrogen-bond acceptors (Lipinski definition) is 2. The average Bonchev–Trinajstić information content (AvgIpc) is 1.81. The van der Waals surface area contributed by atoms with Crippen LogP contribution >= 0.6 is 0 Å². The van der Waals surface area contributed by atoms with E-state index in [-0.39, 0.29) is 0 Å². The molecule has 48 valence electrons. The van der Waals surface area contributed by atoms with Crippen LogP contribution in [0, 0.1) is 0 Å². The minimum Gasteiger partial charge on any atom is -0.399 e. The highest BCUT2D eigenvalue weighted by atomic mass is 16.6. The predicted octanol–water partition coefficient (Wildman–Crippen LogP) is 1.81. The fraction of sp³-hybridized carbons (Fsp3) is 0.833. The van der Waals surface area contributed by atoms with Crippen LogP contribution in [0.15, 0.2) is 5.16 Å². The van der Waals surface area contributed by atoms with E-state index in [9.17, 15) is 0 Å². The Bertz CT molecular complexity index is 61.5. The number of rotatable bonds is 4. The summed E-state index contributed by atoms with van der Waals surface area (Å²) in [6, 6.07) is 0. The quantitative estimate of drug-likeness (QED) is 0.311. The van der Waals surface area contributed by atoms with Gasteiger partial charge in [0, 0.05) is 6.21 Å². The van der Waals surface area contributed by atoms with Gasteiger partial charge >= 0.3 is 0 Å². The molecule has 0 aliphatic rings. The first-order chi connectivity index (χ1) is 3.91. The molecule has 0 aliphatic carbocycles. The summed E-state index contributed by atoms with van der Waals surface area (Å²) in [5.41, 5.74) is 0. The summed E-state index contributed by atoms with van der Waals surface area (Å²) in [5.74, 6) is 0. The van der Waals surface area contributed by atoms with Crippen LogP contribution < -0.4 is 0 Å². The molecule has 0 heterocycles. The molecule has 0 aromatic carbocycles. The molecule has 0 saturated heterocycles. The Balaban J connectivity index is 2.80. The van der Waals surface area contributed by atoms with E-state index in [0.717, 1.165) is 6.42 Å². The first kappa shape index (κ1) is 7.47. The minimum absolute atomic E-state index is 1.03. The Hall–Kier alpha value is -0.530. The standard InChI is InChI=1S/C6H13NO/c1-3-4-5-6-7-8-2/h6H,3-5H2,1-2H3. The molecule has 0 amide bonds. The van der Waals surface area contributed by atoms with Gasteiger partial charge < -0.3 is 4.84 Å². The molecule has 8 heavy (non-hydrogen) atoms. The summed E-state index contributed by atoms with van der Waals surface area (Å²) in [4.78, 5) is 4.46. The van der Waals surface area contributed by atoms with Crippen molar-refractivity contribution in [2.75, 3.05) is 7.11 Å². The predicted molar refractivity (Wildman–Crippen MR) is 35.0 cm³/mol. The third kappa shape index (κ3) is 5.47. The smallest absolute Gasteiger partial charge is 0.106 e. The maximum absolute atomic E-state index is 4.46. The average molecular weight is 115 g/mol. The molecule has 0 spiro atoms. The van der Waals surface area contributed by atoms with Crippen molar-refractivity contribution in [2.45, 2.75) is 26.2 Å². The first-order valence-electron chi connectivity index (χ1n) is 2.96. The molecule has 2 heteroatoms. The molecule has 0 N–H and O–H groups in total. The maximum Gasteiger partial charge on any atom is 0.106 e. The third-order valence-electron chi connectivity index (χ3n) is 0.867. The van der Waals surface area contributed by atoms with Gasteiger partial charge in [0.2, 0.25) is 0 Å². The molecule has 0 bridgehead atoms. The van der Waals surface area contributed by atoms with E-state index < -0.39 is 0 Å². The SMILES string of the molecule is CCCCC=NOC. The zero-order chi connectivity index (χ0) is 6.24. The number of hydrogen-bond donors (Lipinski definition) is 0. The van der Waals surface area contributed by atoms with Crippen molar-refractivity contribution >= 4 is 6.21 Å². The molecule has 0 radical (unpaired) electrons. The van der Waals surface area contributed by atoms with Crippen molar-refractivity contribution in [1.29, 1.82) is 0 Å². The van der Waals surface area contributed by atoms with E-state index in [1.807, 2.05) is 0 Å². The van der Waals surface area contributed by atoms with Crippen molar-refractivity contribution in [3.8, 4) is 0 Å². The summed E-state index contributed by atoms with van der Waals surface area (Å²) >= 11 is 0.